The average Bonchev–Trinajstić information content (AvgIpc) is 2.31. The van der Waals surface area contributed by atoms with Gasteiger partial charge < -0.3 is 15.3 Å². The van der Waals surface area contributed by atoms with Crippen molar-refractivity contribution < 1.29 is 9.90 Å². The lowest BCUT2D eigenvalue weighted by atomic mass is 10.2. The Kier molecular flexibility index (Phi) is 4.90. The monoisotopic (exact) mass is 252 g/mol. The Hall–Kier alpha value is -1.62. The number of thiocarbonyl (C=S) groups is 1. The summed E-state index contributed by atoms with van der Waals surface area (Å²) >= 11 is 5.24. The van der Waals surface area contributed by atoms with E-state index in [9.17, 15) is 4.79 Å². The van der Waals surface area contributed by atoms with Crippen molar-refractivity contribution in [3.05, 3.63) is 29.8 Å². The predicted molar refractivity (Wildman–Crippen MR) is 72.5 cm³/mol. The van der Waals surface area contributed by atoms with E-state index in [0.717, 1.165) is 18.8 Å². The van der Waals surface area contributed by atoms with E-state index >= 15 is 0 Å². The molecule has 0 heterocycles. The molecule has 0 saturated heterocycles. The maximum absolute atomic E-state index is 10.7. The highest BCUT2D eigenvalue weighted by Crippen LogP contribution is 2.10. The maximum Gasteiger partial charge on any atom is 0.335 e. The van der Waals surface area contributed by atoms with E-state index in [4.69, 9.17) is 17.3 Å². The number of nitrogens with one attached hydrogen (secondary N) is 1. The summed E-state index contributed by atoms with van der Waals surface area (Å²) in [7, 11) is 0. The smallest absolute Gasteiger partial charge is 0.335 e. The minimum absolute atomic E-state index is 0.268. The second-order valence-corrected chi connectivity index (χ2v) is 3.87. The number of anilines is 1. The zero-order valence-electron chi connectivity index (χ0n) is 9.93. The summed E-state index contributed by atoms with van der Waals surface area (Å²) in [6.07, 6.45) is 0. The molecule has 1 aromatic rings. The number of carbonyl (C=O) groups is 1. The van der Waals surface area contributed by atoms with Crippen molar-refractivity contribution in [2.45, 2.75) is 13.8 Å². The number of rotatable bonds is 4. The Morgan fingerprint density at radius 3 is 2.24 bits per heavy atom. The quantitative estimate of drug-likeness (QED) is 0.806. The lowest BCUT2D eigenvalue weighted by molar-refractivity contribution is 0.0697. The molecule has 0 saturated carbocycles. The molecular weight excluding hydrogens is 236 g/mol. The van der Waals surface area contributed by atoms with E-state index in [1.54, 1.807) is 24.3 Å². The Bertz CT molecular complexity index is 399. The first-order chi connectivity index (χ1) is 8.08. The molecule has 0 bridgehead atoms. The van der Waals surface area contributed by atoms with E-state index < -0.39 is 5.97 Å². The minimum atomic E-state index is -0.928. The zero-order chi connectivity index (χ0) is 12.8. The van der Waals surface area contributed by atoms with Crippen LogP contribution in [0.5, 0.6) is 0 Å². The van der Waals surface area contributed by atoms with Gasteiger partial charge in [-0.25, -0.2) is 4.79 Å². The number of aromatic carboxylic acids is 1. The lowest BCUT2D eigenvalue weighted by Crippen LogP contribution is -2.34. The summed E-state index contributed by atoms with van der Waals surface area (Å²) in [6.45, 7) is 5.75. The molecule has 92 valence electrons. The molecule has 0 amide bonds. The van der Waals surface area contributed by atoms with Crippen LogP contribution in [0.2, 0.25) is 0 Å². The molecule has 0 unspecified atom stereocenters. The van der Waals surface area contributed by atoms with E-state index in [1.165, 1.54) is 0 Å². The fraction of sp³-hybridized carbons (Fsp3) is 0.333. The summed E-state index contributed by atoms with van der Waals surface area (Å²) < 4.78 is 0. The SMILES string of the molecule is CCN(CC)C(=S)Nc1ccc(C(=O)O)cc1. The molecule has 2 N–H and O–H groups in total. The Balaban J connectivity index is 2.69. The average molecular weight is 252 g/mol. The van der Waals surface area contributed by atoms with Crippen LogP contribution in [0.4, 0.5) is 5.69 Å². The van der Waals surface area contributed by atoms with Gasteiger partial charge in [-0.05, 0) is 50.3 Å². The molecule has 0 aliphatic carbocycles. The topological polar surface area (TPSA) is 52.6 Å². The third-order valence-corrected chi connectivity index (χ3v) is 2.79. The van der Waals surface area contributed by atoms with Crippen molar-refractivity contribution in [1.82, 2.24) is 4.90 Å². The second-order valence-electron chi connectivity index (χ2n) is 3.48. The van der Waals surface area contributed by atoms with Crippen LogP contribution in [-0.4, -0.2) is 34.2 Å². The largest absolute Gasteiger partial charge is 0.478 e. The highest BCUT2D eigenvalue weighted by molar-refractivity contribution is 7.80. The van der Waals surface area contributed by atoms with Crippen LogP contribution in [0.25, 0.3) is 0 Å². The molecule has 17 heavy (non-hydrogen) atoms. The lowest BCUT2D eigenvalue weighted by Gasteiger charge is -2.22. The van der Waals surface area contributed by atoms with E-state index in [-0.39, 0.29) is 5.56 Å². The predicted octanol–water partition coefficient (Wildman–Crippen LogP) is 2.42. The highest BCUT2D eigenvalue weighted by atomic mass is 32.1. The van der Waals surface area contributed by atoms with E-state index in [0.29, 0.717) is 5.11 Å². The fourth-order valence-electron chi connectivity index (χ4n) is 1.41. The van der Waals surface area contributed by atoms with Crippen LogP contribution in [0.15, 0.2) is 24.3 Å². The van der Waals surface area contributed by atoms with Gasteiger partial charge in [0.15, 0.2) is 5.11 Å². The molecule has 0 aromatic heterocycles. The molecule has 0 fully saturated rings. The van der Waals surface area contributed by atoms with Crippen molar-refractivity contribution >= 4 is 29.0 Å². The van der Waals surface area contributed by atoms with Crippen LogP contribution in [0, 0.1) is 0 Å². The first-order valence-electron chi connectivity index (χ1n) is 5.47. The molecule has 4 nitrogen and oxygen atoms in total. The maximum atomic E-state index is 10.7. The summed E-state index contributed by atoms with van der Waals surface area (Å²) in [4.78, 5) is 12.7. The summed E-state index contributed by atoms with van der Waals surface area (Å²) in [5.41, 5.74) is 1.07. The number of hydrogen-bond donors (Lipinski definition) is 2. The van der Waals surface area contributed by atoms with E-state index in [1.807, 2.05) is 18.7 Å². The molecule has 1 rings (SSSR count). The minimum Gasteiger partial charge on any atom is -0.478 e. The Labute approximate surface area is 106 Å². The summed E-state index contributed by atoms with van der Waals surface area (Å²) in [5.74, 6) is -0.928. The van der Waals surface area contributed by atoms with Crippen molar-refractivity contribution in [3.63, 3.8) is 0 Å². The van der Waals surface area contributed by atoms with Crippen LogP contribution >= 0.6 is 12.2 Å². The number of hydrogen-bond acceptors (Lipinski definition) is 2. The number of carboxylic acids is 1. The van der Waals surface area contributed by atoms with Gasteiger partial charge >= 0.3 is 5.97 Å². The number of nitrogens with zero attached hydrogens (tertiary/aromatic N) is 1. The normalized spacial score (nSPS) is 9.76. The third-order valence-electron chi connectivity index (χ3n) is 2.43. The zero-order valence-corrected chi connectivity index (χ0v) is 10.8. The van der Waals surface area contributed by atoms with Crippen molar-refractivity contribution in [3.8, 4) is 0 Å². The van der Waals surface area contributed by atoms with Crippen molar-refractivity contribution in [2.75, 3.05) is 18.4 Å². The van der Waals surface area contributed by atoms with Gasteiger partial charge in [0.25, 0.3) is 0 Å². The van der Waals surface area contributed by atoms with Gasteiger partial charge in [-0.2, -0.15) is 0 Å². The standard InChI is InChI=1S/C12H16N2O2S/c1-3-14(4-2)12(17)13-10-7-5-9(6-8-10)11(15)16/h5-8H,3-4H2,1-2H3,(H,13,17)(H,15,16). The summed E-state index contributed by atoms with van der Waals surface area (Å²) in [5, 5.41) is 12.5. The molecule has 0 radical (unpaired) electrons. The number of carboxylic acid groups (broad SMARTS) is 1. The third kappa shape index (κ3) is 3.71. The van der Waals surface area contributed by atoms with Gasteiger partial charge in [-0.1, -0.05) is 0 Å². The molecule has 0 aliphatic rings. The van der Waals surface area contributed by atoms with Crippen molar-refractivity contribution in [2.24, 2.45) is 0 Å². The fourth-order valence-corrected chi connectivity index (χ4v) is 1.79. The van der Waals surface area contributed by atoms with Crippen molar-refractivity contribution in [1.29, 1.82) is 0 Å². The highest BCUT2D eigenvalue weighted by Gasteiger charge is 2.06. The molecule has 0 atom stereocenters. The summed E-state index contributed by atoms with van der Waals surface area (Å²) in [6, 6.07) is 6.52. The van der Waals surface area contributed by atoms with Gasteiger partial charge in [0.1, 0.15) is 0 Å². The van der Waals surface area contributed by atoms with E-state index in [2.05, 4.69) is 5.32 Å². The Morgan fingerprint density at radius 2 is 1.82 bits per heavy atom. The molecule has 1 aromatic carbocycles. The number of benzene rings is 1. The molecular formula is C12H16N2O2S. The van der Waals surface area contributed by atoms with Gasteiger partial charge in [0.2, 0.25) is 0 Å². The Morgan fingerprint density at radius 1 is 1.29 bits per heavy atom. The van der Waals surface area contributed by atoms with Crippen LogP contribution in [0.1, 0.15) is 24.2 Å². The van der Waals surface area contributed by atoms with Crippen LogP contribution in [0.3, 0.4) is 0 Å². The van der Waals surface area contributed by atoms with Crippen LogP contribution < -0.4 is 5.32 Å². The second kappa shape index (κ2) is 6.20. The molecule has 0 spiro atoms. The van der Waals surface area contributed by atoms with Gasteiger partial charge in [-0.15, -0.1) is 0 Å². The molecule has 0 aliphatic heterocycles. The first kappa shape index (κ1) is 13.4. The van der Waals surface area contributed by atoms with Gasteiger partial charge in [0, 0.05) is 18.8 Å². The first-order valence-corrected chi connectivity index (χ1v) is 5.88. The molecule has 5 heteroatoms. The van der Waals surface area contributed by atoms with Gasteiger partial charge in [-0.3, -0.25) is 0 Å². The van der Waals surface area contributed by atoms with Crippen LogP contribution in [-0.2, 0) is 0 Å². The van der Waals surface area contributed by atoms with Gasteiger partial charge in [0.05, 0.1) is 5.56 Å².